The van der Waals surface area contributed by atoms with Crippen LogP contribution in [0, 0.1) is 0 Å². The van der Waals surface area contributed by atoms with Crippen molar-refractivity contribution in [2.75, 3.05) is 32.3 Å². The van der Waals surface area contributed by atoms with Gasteiger partial charge in [-0.1, -0.05) is 12.2 Å². The summed E-state index contributed by atoms with van der Waals surface area (Å²) in [7, 11) is 0. The lowest BCUT2D eigenvalue weighted by Crippen LogP contribution is -2.00. The summed E-state index contributed by atoms with van der Waals surface area (Å²) in [6, 6.07) is 0. The van der Waals surface area contributed by atoms with Gasteiger partial charge >= 0.3 is 0 Å². The standard InChI is InChI=1S/C6H12O2.C3H5ClO/c1-6(2)5-8-4-3-7;4-1-3-2-5-3/h7H,1,3-5H2,2H3;3H,1-2H2. The van der Waals surface area contributed by atoms with Crippen molar-refractivity contribution in [3.63, 3.8) is 0 Å². The summed E-state index contributed by atoms with van der Waals surface area (Å²) in [4.78, 5) is 0. The molecule has 1 saturated heterocycles. The van der Waals surface area contributed by atoms with Gasteiger partial charge < -0.3 is 14.6 Å². The van der Waals surface area contributed by atoms with E-state index in [0.717, 1.165) is 12.2 Å². The average Bonchev–Trinajstić information content (AvgIpc) is 2.88. The molecule has 0 radical (unpaired) electrons. The van der Waals surface area contributed by atoms with Crippen LogP contribution in [0.15, 0.2) is 12.2 Å². The summed E-state index contributed by atoms with van der Waals surface area (Å²) in [5.74, 6) is 0.667. The van der Waals surface area contributed by atoms with Crippen LogP contribution in [0.25, 0.3) is 0 Å². The number of aliphatic hydroxyl groups excluding tert-OH is 1. The molecule has 0 amide bonds. The molecule has 0 aliphatic carbocycles. The van der Waals surface area contributed by atoms with E-state index >= 15 is 0 Å². The van der Waals surface area contributed by atoms with Gasteiger partial charge in [-0.2, -0.15) is 0 Å². The summed E-state index contributed by atoms with van der Waals surface area (Å²) >= 11 is 5.27. The lowest BCUT2D eigenvalue weighted by molar-refractivity contribution is 0.108. The average molecular weight is 209 g/mol. The van der Waals surface area contributed by atoms with Crippen LogP contribution < -0.4 is 0 Å². The molecule has 1 rings (SSSR count). The number of ether oxygens (including phenoxy) is 2. The molecule has 0 bridgehead atoms. The third kappa shape index (κ3) is 11.9. The fourth-order valence-corrected chi connectivity index (χ4v) is 0.646. The second-order valence-corrected chi connectivity index (χ2v) is 3.15. The Morgan fingerprint density at radius 1 is 1.77 bits per heavy atom. The molecule has 3 nitrogen and oxygen atoms in total. The van der Waals surface area contributed by atoms with E-state index in [1.54, 1.807) is 0 Å². The van der Waals surface area contributed by atoms with E-state index in [1.807, 2.05) is 6.92 Å². The maximum atomic E-state index is 8.22. The predicted molar refractivity (Wildman–Crippen MR) is 53.2 cm³/mol. The molecule has 0 saturated carbocycles. The van der Waals surface area contributed by atoms with Gasteiger partial charge in [-0.15, -0.1) is 11.6 Å². The zero-order valence-electron chi connectivity index (χ0n) is 7.96. The second kappa shape index (κ2) is 8.51. The number of aliphatic hydroxyl groups is 1. The third-order valence-electron chi connectivity index (χ3n) is 1.16. The topological polar surface area (TPSA) is 42.0 Å². The van der Waals surface area contributed by atoms with Crippen LogP contribution in [0.2, 0.25) is 0 Å². The monoisotopic (exact) mass is 208 g/mol. The molecule has 78 valence electrons. The highest BCUT2D eigenvalue weighted by Gasteiger charge is 2.19. The molecule has 1 fully saturated rings. The molecule has 4 heteroatoms. The molecule has 13 heavy (non-hydrogen) atoms. The lowest BCUT2D eigenvalue weighted by atomic mass is 10.4. The highest BCUT2D eigenvalue weighted by atomic mass is 35.5. The van der Waals surface area contributed by atoms with Crippen molar-refractivity contribution in [1.29, 1.82) is 0 Å². The molecular formula is C9H17ClO3. The largest absolute Gasteiger partial charge is 0.394 e. The van der Waals surface area contributed by atoms with E-state index in [2.05, 4.69) is 6.58 Å². The number of epoxide rings is 1. The van der Waals surface area contributed by atoms with Crippen molar-refractivity contribution < 1.29 is 14.6 Å². The van der Waals surface area contributed by atoms with Crippen LogP contribution in [0.1, 0.15) is 6.92 Å². The van der Waals surface area contributed by atoms with E-state index in [-0.39, 0.29) is 6.61 Å². The Labute approximate surface area is 84.3 Å². The smallest absolute Gasteiger partial charge is 0.0944 e. The molecular weight excluding hydrogens is 192 g/mol. The Hall–Kier alpha value is -0.0900. The van der Waals surface area contributed by atoms with Crippen molar-refractivity contribution in [3.8, 4) is 0 Å². The SMILES string of the molecule is C=C(C)COCCO.ClCC1CO1. The molecule has 1 aliphatic rings. The van der Waals surface area contributed by atoms with Crippen molar-refractivity contribution in [2.24, 2.45) is 0 Å². The fourth-order valence-electron chi connectivity index (χ4n) is 0.468. The number of rotatable bonds is 5. The van der Waals surface area contributed by atoms with Gasteiger partial charge in [0, 0.05) is 0 Å². The maximum absolute atomic E-state index is 8.22. The summed E-state index contributed by atoms with van der Waals surface area (Å²) in [6.07, 6.45) is 0.400. The minimum absolute atomic E-state index is 0.0906. The van der Waals surface area contributed by atoms with Crippen LogP contribution in [-0.2, 0) is 9.47 Å². The van der Waals surface area contributed by atoms with Crippen molar-refractivity contribution >= 4 is 11.6 Å². The van der Waals surface area contributed by atoms with Crippen LogP contribution in [0.4, 0.5) is 0 Å². The molecule has 0 aromatic heterocycles. The molecule has 1 atom stereocenters. The maximum Gasteiger partial charge on any atom is 0.0944 e. The Balaban J connectivity index is 0.000000243. The van der Waals surface area contributed by atoms with Crippen molar-refractivity contribution in [3.05, 3.63) is 12.2 Å². The first-order valence-corrected chi connectivity index (χ1v) is 4.74. The first kappa shape index (κ1) is 12.9. The highest BCUT2D eigenvalue weighted by molar-refractivity contribution is 6.18. The van der Waals surface area contributed by atoms with Gasteiger partial charge in [-0.25, -0.2) is 0 Å². The Morgan fingerprint density at radius 2 is 2.38 bits per heavy atom. The minimum atomic E-state index is 0.0906. The predicted octanol–water partition coefficient (Wildman–Crippen LogP) is 1.20. The zero-order valence-corrected chi connectivity index (χ0v) is 8.72. The molecule has 1 aliphatic heterocycles. The summed E-state index contributed by atoms with van der Waals surface area (Å²) in [6.45, 7) is 7.44. The lowest BCUT2D eigenvalue weighted by Gasteiger charge is -1.98. The summed E-state index contributed by atoms with van der Waals surface area (Å²) in [5, 5.41) is 8.22. The summed E-state index contributed by atoms with van der Waals surface area (Å²) in [5.41, 5.74) is 0.985. The van der Waals surface area contributed by atoms with Crippen LogP contribution in [0.3, 0.4) is 0 Å². The first-order chi connectivity index (χ1) is 6.20. The van der Waals surface area contributed by atoms with Crippen molar-refractivity contribution in [2.45, 2.75) is 13.0 Å². The Morgan fingerprint density at radius 3 is 2.62 bits per heavy atom. The third-order valence-corrected chi connectivity index (χ3v) is 1.50. The van der Waals surface area contributed by atoms with Gasteiger partial charge in [0.25, 0.3) is 0 Å². The van der Waals surface area contributed by atoms with E-state index in [1.165, 1.54) is 0 Å². The number of alkyl halides is 1. The Bertz CT molecular complexity index is 135. The fraction of sp³-hybridized carbons (Fsp3) is 0.778. The quantitative estimate of drug-likeness (QED) is 0.320. The van der Waals surface area contributed by atoms with E-state index in [4.69, 9.17) is 26.2 Å². The van der Waals surface area contributed by atoms with Crippen LogP contribution >= 0.6 is 11.6 Å². The van der Waals surface area contributed by atoms with Gasteiger partial charge in [0.05, 0.1) is 38.4 Å². The van der Waals surface area contributed by atoms with E-state index in [0.29, 0.717) is 25.2 Å². The molecule has 0 spiro atoms. The molecule has 1 unspecified atom stereocenters. The molecule has 0 aromatic carbocycles. The van der Waals surface area contributed by atoms with Crippen molar-refractivity contribution in [1.82, 2.24) is 0 Å². The molecule has 0 aromatic rings. The van der Waals surface area contributed by atoms with Gasteiger partial charge in [-0.3, -0.25) is 0 Å². The van der Waals surface area contributed by atoms with E-state index < -0.39 is 0 Å². The van der Waals surface area contributed by atoms with E-state index in [9.17, 15) is 0 Å². The zero-order chi connectivity index (χ0) is 10.1. The van der Waals surface area contributed by atoms with Gasteiger partial charge in [0.1, 0.15) is 0 Å². The van der Waals surface area contributed by atoms with Gasteiger partial charge in [0.2, 0.25) is 0 Å². The minimum Gasteiger partial charge on any atom is -0.394 e. The summed E-state index contributed by atoms with van der Waals surface area (Å²) < 4.78 is 9.62. The first-order valence-electron chi connectivity index (χ1n) is 4.21. The van der Waals surface area contributed by atoms with Gasteiger partial charge in [-0.05, 0) is 6.92 Å². The Kier molecular flexibility index (Phi) is 8.45. The van der Waals surface area contributed by atoms with Gasteiger partial charge in [0.15, 0.2) is 0 Å². The normalized spacial score (nSPS) is 18.8. The number of hydrogen-bond acceptors (Lipinski definition) is 3. The molecule has 1 heterocycles. The van der Waals surface area contributed by atoms with Crippen LogP contribution in [-0.4, -0.2) is 43.5 Å². The molecule has 1 N–H and O–H groups in total. The number of hydrogen-bond donors (Lipinski definition) is 1. The van der Waals surface area contributed by atoms with Crippen LogP contribution in [0.5, 0.6) is 0 Å². The number of halogens is 1. The second-order valence-electron chi connectivity index (χ2n) is 2.84. The highest BCUT2D eigenvalue weighted by Crippen LogP contribution is 2.08.